The molecule has 1 aromatic rings. The van der Waals surface area contributed by atoms with Crippen LogP contribution in [0, 0.1) is 5.41 Å². The molecule has 2 aliphatic rings. The number of hydrogen-bond donors (Lipinski definition) is 1. The van der Waals surface area contributed by atoms with E-state index in [4.69, 9.17) is 0 Å². The van der Waals surface area contributed by atoms with E-state index in [9.17, 15) is 9.59 Å². The summed E-state index contributed by atoms with van der Waals surface area (Å²) < 4.78 is 3.88. The van der Waals surface area contributed by atoms with Crippen LogP contribution in [0.1, 0.15) is 41.6 Å². The third-order valence-corrected chi connectivity index (χ3v) is 5.15. The van der Waals surface area contributed by atoms with Gasteiger partial charge in [0.2, 0.25) is 5.91 Å². The second kappa shape index (κ2) is 5.12. The lowest BCUT2D eigenvalue weighted by atomic mass is 9.77. The first kappa shape index (κ1) is 13.5. The van der Waals surface area contributed by atoms with Crippen molar-refractivity contribution in [2.75, 3.05) is 19.6 Å². The number of amides is 2. The molecule has 2 saturated heterocycles. The minimum absolute atomic E-state index is 0.0454. The van der Waals surface area contributed by atoms with Crippen LogP contribution in [0.4, 0.5) is 0 Å². The van der Waals surface area contributed by atoms with Gasteiger partial charge in [-0.25, -0.2) is 0 Å². The summed E-state index contributed by atoms with van der Waals surface area (Å²) in [6, 6.07) is 0. The molecule has 6 nitrogen and oxygen atoms in total. The highest BCUT2D eigenvalue weighted by Crippen LogP contribution is 2.37. The largest absolute Gasteiger partial charge is 0.356 e. The van der Waals surface area contributed by atoms with Crippen LogP contribution in [0.5, 0.6) is 0 Å². The molecule has 0 unspecified atom stereocenters. The number of aryl methyl sites for hydroxylation is 1. The first-order chi connectivity index (χ1) is 9.63. The maximum Gasteiger partial charge on any atom is 0.267 e. The van der Waals surface area contributed by atoms with Gasteiger partial charge in [0.05, 0.1) is 5.69 Å². The fraction of sp³-hybridized carbons (Fsp3) is 0.692. The van der Waals surface area contributed by atoms with Crippen LogP contribution >= 0.6 is 11.5 Å². The Morgan fingerprint density at radius 2 is 2.20 bits per heavy atom. The minimum Gasteiger partial charge on any atom is -0.356 e. The Morgan fingerprint density at radius 1 is 1.45 bits per heavy atom. The average molecular weight is 294 g/mol. The molecule has 3 rings (SSSR count). The van der Waals surface area contributed by atoms with Gasteiger partial charge in [0.1, 0.15) is 4.88 Å². The van der Waals surface area contributed by atoms with Crippen molar-refractivity contribution in [1.82, 2.24) is 19.8 Å². The molecule has 0 bridgehead atoms. The highest BCUT2D eigenvalue weighted by atomic mass is 32.1. The molecule has 0 radical (unpaired) electrons. The molecule has 1 aromatic heterocycles. The summed E-state index contributed by atoms with van der Waals surface area (Å²) in [6.45, 7) is 4.18. The van der Waals surface area contributed by atoms with E-state index in [1.165, 1.54) is 11.5 Å². The van der Waals surface area contributed by atoms with Crippen LogP contribution < -0.4 is 5.32 Å². The number of rotatable bonds is 2. The molecule has 0 aromatic carbocycles. The predicted octanol–water partition coefficient (Wildman–Crippen LogP) is 0.843. The summed E-state index contributed by atoms with van der Waals surface area (Å²) in [4.78, 5) is 26.4. The molecule has 1 spiro atoms. The maximum atomic E-state index is 12.5. The van der Waals surface area contributed by atoms with Crippen molar-refractivity contribution >= 4 is 23.3 Å². The Hall–Kier alpha value is -1.50. The molecular weight excluding hydrogens is 276 g/mol. The van der Waals surface area contributed by atoms with Gasteiger partial charge in [0, 0.05) is 26.1 Å². The fourth-order valence-corrected chi connectivity index (χ4v) is 3.75. The van der Waals surface area contributed by atoms with Gasteiger partial charge in [-0.15, -0.1) is 5.10 Å². The van der Waals surface area contributed by atoms with Gasteiger partial charge in [-0.1, -0.05) is 11.4 Å². The van der Waals surface area contributed by atoms with E-state index in [-0.39, 0.29) is 17.2 Å². The topological polar surface area (TPSA) is 75.2 Å². The lowest BCUT2D eigenvalue weighted by Gasteiger charge is -2.38. The molecule has 0 atom stereocenters. The average Bonchev–Trinajstić information content (AvgIpc) is 3.06. The number of piperidine rings is 1. The van der Waals surface area contributed by atoms with Crippen molar-refractivity contribution in [2.45, 2.75) is 32.6 Å². The monoisotopic (exact) mass is 294 g/mol. The first-order valence-electron chi connectivity index (χ1n) is 7.01. The van der Waals surface area contributed by atoms with Crippen molar-refractivity contribution in [3.8, 4) is 0 Å². The molecule has 3 heterocycles. The normalized spacial score (nSPS) is 21.2. The van der Waals surface area contributed by atoms with Crippen LogP contribution in [-0.4, -0.2) is 45.9 Å². The van der Waals surface area contributed by atoms with Crippen molar-refractivity contribution < 1.29 is 9.59 Å². The molecule has 20 heavy (non-hydrogen) atoms. The summed E-state index contributed by atoms with van der Waals surface area (Å²) >= 11 is 1.18. The van der Waals surface area contributed by atoms with Crippen molar-refractivity contribution in [3.63, 3.8) is 0 Å². The van der Waals surface area contributed by atoms with Gasteiger partial charge in [0.15, 0.2) is 0 Å². The molecule has 108 valence electrons. The highest BCUT2D eigenvalue weighted by Gasteiger charge is 2.42. The molecule has 0 aliphatic carbocycles. The Bertz CT molecular complexity index is 534. The van der Waals surface area contributed by atoms with E-state index < -0.39 is 0 Å². The van der Waals surface area contributed by atoms with Gasteiger partial charge >= 0.3 is 0 Å². The summed E-state index contributed by atoms with van der Waals surface area (Å²) in [7, 11) is 0. The summed E-state index contributed by atoms with van der Waals surface area (Å²) in [5, 5.41) is 6.91. The van der Waals surface area contributed by atoms with E-state index >= 15 is 0 Å². The summed E-state index contributed by atoms with van der Waals surface area (Å²) in [5.41, 5.74) is 0.867. The second-order valence-corrected chi connectivity index (χ2v) is 6.40. The Morgan fingerprint density at radius 3 is 2.80 bits per heavy atom. The van der Waals surface area contributed by atoms with Crippen LogP contribution in [0.25, 0.3) is 0 Å². The van der Waals surface area contributed by atoms with Gasteiger partial charge < -0.3 is 10.2 Å². The first-order valence-corrected chi connectivity index (χ1v) is 7.78. The molecule has 2 amide bonds. The molecule has 2 aliphatic heterocycles. The van der Waals surface area contributed by atoms with Gasteiger partial charge in [0.25, 0.3) is 5.91 Å². The standard InChI is InChI=1S/C13H18N4O2S/c1-2-9-11(20-16-15-9)12(19)17-5-3-13(4-6-17)7-10(18)14-8-13/h2-8H2,1H3,(H,14,18). The number of aromatic nitrogens is 2. The van der Waals surface area contributed by atoms with Crippen LogP contribution in [0.15, 0.2) is 0 Å². The number of carbonyl (C=O) groups excluding carboxylic acids is 2. The molecule has 7 heteroatoms. The van der Waals surface area contributed by atoms with E-state index in [1.807, 2.05) is 11.8 Å². The Balaban J connectivity index is 1.66. The van der Waals surface area contributed by atoms with Crippen molar-refractivity contribution in [3.05, 3.63) is 10.6 Å². The second-order valence-electron chi connectivity index (χ2n) is 5.65. The zero-order valence-electron chi connectivity index (χ0n) is 11.5. The van der Waals surface area contributed by atoms with E-state index in [0.717, 1.165) is 44.6 Å². The molecule has 1 N–H and O–H groups in total. The van der Waals surface area contributed by atoms with Gasteiger partial charge in [-0.2, -0.15) is 0 Å². The fourth-order valence-electron chi connectivity index (χ4n) is 3.04. The molecule has 0 saturated carbocycles. The molecular formula is C13H18N4O2S. The van der Waals surface area contributed by atoms with E-state index in [0.29, 0.717) is 11.3 Å². The third-order valence-electron chi connectivity index (χ3n) is 4.39. The van der Waals surface area contributed by atoms with E-state index in [2.05, 4.69) is 14.9 Å². The number of nitrogens with zero attached hydrogens (tertiary/aromatic N) is 3. The predicted molar refractivity (Wildman–Crippen MR) is 74.5 cm³/mol. The SMILES string of the molecule is CCc1nnsc1C(=O)N1CCC2(CC1)CNC(=O)C2. The Labute approximate surface area is 121 Å². The smallest absolute Gasteiger partial charge is 0.267 e. The maximum absolute atomic E-state index is 12.5. The zero-order valence-corrected chi connectivity index (χ0v) is 12.3. The summed E-state index contributed by atoms with van der Waals surface area (Å²) in [6.07, 6.45) is 3.13. The van der Waals surface area contributed by atoms with Crippen LogP contribution in [0.2, 0.25) is 0 Å². The quantitative estimate of drug-likeness (QED) is 0.877. The van der Waals surface area contributed by atoms with Gasteiger partial charge in [-0.3, -0.25) is 9.59 Å². The molecule has 2 fully saturated rings. The Kier molecular flexibility index (Phi) is 3.45. The van der Waals surface area contributed by atoms with Crippen molar-refractivity contribution in [2.24, 2.45) is 5.41 Å². The lowest BCUT2D eigenvalue weighted by Crippen LogP contribution is -2.44. The van der Waals surface area contributed by atoms with Crippen LogP contribution in [0.3, 0.4) is 0 Å². The third kappa shape index (κ3) is 2.30. The van der Waals surface area contributed by atoms with Crippen molar-refractivity contribution in [1.29, 1.82) is 0 Å². The number of hydrogen-bond acceptors (Lipinski definition) is 5. The van der Waals surface area contributed by atoms with E-state index in [1.54, 1.807) is 0 Å². The highest BCUT2D eigenvalue weighted by molar-refractivity contribution is 7.08. The lowest BCUT2D eigenvalue weighted by molar-refractivity contribution is -0.119. The van der Waals surface area contributed by atoms with Gasteiger partial charge in [-0.05, 0) is 36.2 Å². The summed E-state index contributed by atoms with van der Waals surface area (Å²) in [5.74, 6) is 0.189. The van der Waals surface area contributed by atoms with Crippen LogP contribution in [-0.2, 0) is 11.2 Å². The zero-order chi connectivity index (χ0) is 14.2. The number of carbonyl (C=O) groups is 2. The minimum atomic E-state index is 0.0454. The number of likely N-dealkylation sites (tertiary alicyclic amines) is 1. The number of nitrogens with one attached hydrogen (secondary N) is 1.